The van der Waals surface area contributed by atoms with Gasteiger partial charge in [-0.25, -0.2) is 4.98 Å². The molecule has 41 heavy (non-hydrogen) atoms. The summed E-state index contributed by atoms with van der Waals surface area (Å²) in [5.74, 6) is 6.82. The second kappa shape index (κ2) is 10.9. The number of phenolic OH excluding ortho intramolecular Hbond substituents is 1. The normalized spacial score (nSPS) is 12.0. The van der Waals surface area contributed by atoms with Gasteiger partial charge in [-0.15, -0.1) is 23.8 Å². The number of phenols is 1. The maximum absolute atomic E-state index is 11.2. The van der Waals surface area contributed by atoms with Crippen molar-refractivity contribution in [2.75, 3.05) is 16.8 Å². The van der Waals surface area contributed by atoms with Crippen molar-refractivity contribution in [1.29, 1.82) is 0 Å². The van der Waals surface area contributed by atoms with E-state index in [0.717, 1.165) is 39.7 Å². The second-order valence-corrected chi connectivity index (χ2v) is 9.44. The van der Waals surface area contributed by atoms with Gasteiger partial charge in [0.05, 0.1) is 18.3 Å². The molecule has 6 aromatic rings. The predicted octanol–water partition coefficient (Wildman–Crippen LogP) is 7.75. The fraction of sp³-hybridized carbons (Fsp3) is 0.0286. The minimum Gasteiger partial charge on any atom is -0.504 e. The van der Waals surface area contributed by atoms with Crippen LogP contribution in [-0.2, 0) is 21.1 Å². The molecule has 0 bridgehead atoms. The summed E-state index contributed by atoms with van der Waals surface area (Å²) in [5.41, 5.74) is 6.80. The number of rotatable bonds is 2. The molecule has 0 aliphatic carbocycles. The summed E-state index contributed by atoms with van der Waals surface area (Å²) in [6, 6.07) is 36.7. The van der Waals surface area contributed by atoms with Crippen LogP contribution in [-0.4, -0.2) is 22.1 Å². The molecular weight excluding hydrogens is 687 g/mol. The molecule has 200 valence electrons. The molecule has 1 aliphatic heterocycles. The molecule has 7 rings (SSSR count). The van der Waals surface area contributed by atoms with E-state index in [1.54, 1.807) is 12.3 Å². The second-order valence-electron chi connectivity index (χ2n) is 9.44. The molecule has 0 radical (unpaired) electrons. The van der Waals surface area contributed by atoms with Gasteiger partial charge in [-0.05, 0) is 59.5 Å². The first-order valence-corrected chi connectivity index (χ1v) is 12.9. The number of hydrogen-bond acceptors (Lipinski definition) is 5. The van der Waals surface area contributed by atoms with Crippen LogP contribution >= 0.6 is 0 Å². The number of aromatic hydroxyl groups is 1. The van der Waals surface area contributed by atoms with Gasteiger partial charge in [-0.3, -0.25) is 4.98 Å². The number of nitrogens with zero attached hydrogens (tertiary/aromatic N) is 4. The molecule has 5 nitrogen and oxygen atoms in total. The van der Waals surface area contributed by atoms with Crippen molar-refractivity contribution in [3.8, 4) is 28.8 Å². The molecule has 0 saturated carbocycles. The number of aromatic nitrogens is 2. The molecule has 4 aromatic carbocycles. The maximum Gasteiger partial charge on any atom is 0.156 e. The third-order valence-corrected chi connectivity index (χ3v) is 6.99. The van der Waals surface area contributed by atoms with Crippen LogP contribution in [0.5, 0.6) is 5.75 Å². The molecule has 1 N–H and O–H groups in total. The first-order chi connectivity index (χ1) is 20.1. The van der Waals surface area contributed by atoms with Crippen molar-refractivity contribution in [3.05, 3.63) is 133 Å². The zero-order valence-corrected chi connectivity index (χ0v) is 24.2. The molecule has 0 fully saturated rings. The van der Waals surface area contributed by atoms with E-state index < -0.39 is 0 Å². The van der Waals surface area contributed by atoms with Gasteiger partial charge in [-0.1, -0.05) is 66.4 Å². The minimum atomic E-state index is -0.0389. The van der Waals surface area contributed by atoms with Crippen LogP contribution in [0.4, 0.5) is 28.6 Å². The Morgan fingerprint density at radius 3 is 2.39 bits per heavy atom. The van der Waals surface area contributed by atoms with Gasteiger partial charge in [0.25, 0.3) is 0 Å². The van der Waals surface area contributed by atoms with Crippen LogP contribution in [0.25, 0.3) is 22.2 Å². The third kappa shape index (κ3) is 4.73. The molecule has 0 spiro atoms. The average molecular weight is 712 g/mol. The van der Waals surface area contributed by atoms with E-state index in [0.29, 0.717) is 22.2 Å². The fourth-order valence-corrected chi connectivity index (χ4v) is 4.98. The first kappa shape index (κ1) is 25.1. The summed E-state index contributed by atoms with van der Waals surface area (Å²) in [6.07, 6.45) is 1.78. The largest absolute Gasteiger partial charge is 0.504 e. The number of hydrogen-bond donors (Lipinski definition) is 1. The van der Waals surface area contributed by atoms with E-state index in [2.05, 4.69) is 50.9 Å². The number of benzene rings is 4. The first-order valence-electron chi connectivity index (χ1n) is 13.4. The van der Waals surface area contributed by atoms with Crippen molar-refractivity contribution < 1.29 is 27.5 Å². The van der Waals surface area contributed by atoms with Crippen LogP contribution in [0.3, 0.4) is 0 Å². The summed E-state index contributed by atoms with van der Waals surface area (Å²) in [5, 5.41) is 11.7. The van der Waals surface area contributed by atoms with Crippen LogP contribution in [0.1, 0.15) is 12.5 Å². The monoisotopic (exact) mass is 711 g/mol. The molecule has 0 unspecified atom stereocenters. The molecular formula is C35H23N4OPt-. The minimum absolute atomic E-state index is 0. The Bertz CT molecular complexity index is 2010. The average Bonchev–Trinajstić information content (AvgIpc) is 3.03. The van der Waals surface area contributed by atoms with Gasteiger partial charge >= 0.3 is 0 Å². The van der Waals surface area contributed by atoms with Crippen LogP contribution < -0.4 is 9.80 Å². The van der Waals surface area contributed by atoms with Crippen molar-refractivity contribution in [2.45, 2.75) is 0 Å². The Hall–Kier alpha value is -4.91. The van der Waals surface area contributed by atoms with Gasteiger partial charge in [0.15, 0.2) is 5.75 Å². The predicted molar refractivity (Wildman–Crippen MR) is 161 cm³/mol. The van der Waals surface area contributed by atoms with Gasteiger partial charge in [0, 0.05) is 45.3 Å². The van der Waals surface area contributed by atoms with Crippen molar-refractivity contribution in [2.24, 2.45) is 0 Å². The van der Waals surface area contributed by atoms with E-state index in [9.17, 15) is 5.11 Å². The summed E-state index contributed by atoms with van der Waals surface area (Å²) in [4.78, 5) is 13.7. The summed E-state index contributed by atoms with van der Waals surface area (Å²) in [6.45, 7) is 0. The molecule has 0 amide bonds. The Kier molecular flexibility index (Phi) is 6.68. The molecule has 6 heteroatoms. The standard InChI is InChI=1S/C35H23N4O.Pt/c1-38-29-11-5-6-12-31(29)39(33-13-7-8-22-36-33)32-23-27(19-21-30(32)38)28-20-18-25-16-17-26(35(40)34(25)37-28)15-14-24-9-3-2-4-10-24;/h2-13,16-22,40H,1H3;/q-1;/i16D;. The summed E-state index contributed by atoms with van der Waals surface area (Å²) >= 11 is 0. The molecule has 0 atom stereocenters. The summed E-state index contributed by atoms with van der Waals surface area (Å²) in [7, 11) is 2.04. The topological polar surface area (TPSA) is 52.5 Å². The van der Waals surface area contributed by atoms with Gasteiger partial charge in [-0.2, -0.15) is 0 Å². The van der Waals surface area contributed by atoms with Crippen LogP contribution in [0.15, 0.2) is 115 Å². The molecule has 2 aromatic heterocycles. The van der Waals surface area contributed by atoms with Crippen molar-refractivity contribution in [1.82, 2.24) is 9.97 Å². The Morgan fingerprint density at radius 2 is 1.59 bits per heavy atom. The van der Waals surface area contributed by atoms with Crippen molar-refractivity contribution in [3.63, 3.8) is 0 Å². The Morgan fingerprint density at radius 1 is 0.805 bits per heavy atom. The fourth-order valence-electron chi connectivity index (χ4n) is 4.98. The molecule has 3 heterocycles. The van der Waals surface area contributed by atoms with E-state index >= 15 is 0 Å². The summed E-state index contributed by atoms with van der Waals surface area (Å²) < 4.78 is 8.55. The van der Waals surface area contributed by atoms with E-state index in [1.165, 1.54) is 0 Å². The van der Waals surface area contributed by atoms with E-state index in [4.69, 9.17) is 6.35 Å². The van der Waals surface area contributed by atoms with Gasteiger partial charge < -0.3 is 14.9 Å². The number of anilines is 5. The number of para-hydroxylation sites is 2. The third-order valence-electron chi connectivity index (χ3n) is 6.99. The van der Waals surface area contributed by atoms with E-state index in [1.807, 2.05) is 85.9 Å². The molecule has 0 saturated heterocycles. The van der Waals surface area contributed by atoms with Crippen LogP contribution in [0.2, 0.25) is 0 Å². The zero-order chi connectivity index (χ0) is 27.9. The Labute approximate surface area is 254 Å². The number of pyridine rings is 2. The SMILES string of the molecule is [2H]c1cc(C#Cc2ccccc2)c(O)c2nc(-c3[c-]c4c(cc3)N(C)c3ccccc3N4c3ccccn3)ccc12.[Pt]. The zero-order valence-electron chi connectivity index (χ0n) is 22.9. The quantitative estimate of drug-likeness (QED) is 0.147. The number of fused-ring (bicyclic) bond motifs is 3. The van der Waals surface area contributed by atoms with Crippen molar-refractivity contribution >= 4 is 39.5 Å². The smallest absolute Gasteiger partial charge is 0.156 e. The van der Waals surface area contributed by atoms with Gasteiger partial charge in [0.2, 0.25) is 0 Å². The van der Waals surface area contributed by atoms with Crippen LogP contribution in [0, 0.1) is 17.9 Å². The maximum atomic E-state index is 11.2. The van der Waals surface area contributed by atoms with Gasteiger partial charge in [0.1, 0.15) is 11.3 Å². The Balaban J connectivity index is 0.00000316. The molecule has 1 aliphatic rings. The van der Waals surface area contributed by atoms with E-state index in [-0.39, 0.29) is 32.9 Å².